The Morgan fingerprint density at radius 1 is 1.15 bits per heavy atom. The lowest BCUT2D eigenvalue weighted by atomic mass is 10.0. The molecule has 0 unspecified atom stereocenters. The van der Waals surface area contributed by atoms with Gasteiger partial charge in [-0.2, -0.15) is 13.2 Å². The van der Waals surface area contributed by atoms with E-state index < -0.39 is 29.7 Å². The zero-order valence-corrected chi connectivity index (χ0v) is 14.4. The van der Waals surface area contributed by atoms with Gasteiger partial charge < -0.3 is 15.2 Å². The van der Waals surface area contributed by atoms with Gasteiger partial charge in [0.05, 0.1) is 19.1 Å². The van der Waals surface area contributed by atoms with E-state index in [4.69, 9.17) is 4.74 Å². The summed E-state index contributed by atoms with van der Waals surface area (Å²) in [4.78, 5) is 23.6. The van der Waals surface area contributed by atoms with E-state index in [0.29, 0.717) is 11.3 Å². The molecule has 2 aromatic rings. The number of carbonyl (C=O) groups excluding carboxylic acids is 1. The summed E-state index contributed by atoms with van der Waals surface area (Å²) in [7, 11) is 1.45. The minimum absolute atomic E-state index is 0.0202. The molecule has 2 N–H and O–H groups in total. The molecule has 0 saturated heterocycles. The first-order valence-corrected chi connectivity index (χ1v) is 8.01. The highest BCUT2D eigenvalue weighted by Gasteiger charge is 2.30. The number of halogens is 3. The lowest BCUT2D eigenvalue weighted by Gasteiger charge is -2.16. The van der Waals surface area contributed by atoms with Crippen LogP contribution in [0.5, 0.6) is 5.75 Å². The third kappa shape index (κ3) is 5.73. The van der Waals surface area contributed by atoms with E-state index in [-0.39, 0.29) is 18.4 Å². The summed E-state index contributed by atoms with van der Waals surface area (Å²) in [6.07, 6.45) is -4.90. The predicted octanol–water partition coefficient (Wildman–Crippen LogP) is 3.07. The number of aliphatic carboxylic acids is 1. The van der Waals surface area contributed by atoms with E-state index in [1.807, 2.05) is 0 Å². The standard InChI is InChI=1S/C19H18F3NO4/c1-27-16-8-3-2-6-13(16)11-15(18(25)26)23-17(24)10-12-5-4-7-14(9-12)19(20,21)22/h2-9,15H,10-11H2,1H3,(H,23,24)(H,25,26)/t15-/m0/s1. The molecule has 27 heavy (non-hydrogen) atoms. The number of para-hydroxylation sites is 1. The Balaban J connectivity index is 2.08. The number of nitrogens with one attached hydrogen (secondary N) is 1. The van der Waals surface area contributed by atoms with Crippen LogP contribution in [0, 0.1) is 0 Å². The minimum Gasteiger partial charge on any atom is -0.496 e. The quantitative estimate of drug-likeness (QED) is 0.773. The van der Waals surface area contributed by atoms with Crippen LogP contribution in [-0.2, 0) is 28.6 Å². The molecule has 0 aliphatic heterocycles. The van der Waals surface area contributed by atoms with Gasteiger partial charge in [-0.1, -0.05) is 36.4 Å². The number of hydrogen-bond acceptors (Lipinski definition) is 3. The van der Waals surface area contributed by atoms with Crippen molar-refractivity contribution in [2.75, 3.05) is 7.11 Å². The Bertz CT molecular complexity index is 821. The lowest BCUT2D eigenvalue weighted by Crippen LogP contribution is -2.43. The van der Waals surface area contributed by atoms with E-state index >= 15 is 0 Å². The average Bonchev–Trinajstić information content (AvgIpc) is 2.61. The third-order valence-electron chi connectivity index (χ3n) is 3.87. The van der Waals surface area contributed by atoms with Gasteiger partial charge in [-0.15, -0.1) is 0 Å². The van der Waals surface area contributed by atoms with E-state index in [2.05, 4.69) is 5.32 Å². The van der Waals surface area contributed by atoms with Crippen molar-refractivity contribution in [3.05, 3.63) is 65.2 Å². The number of alkyl halides is 3. The number of methoxy groups -OCH3 is 1. The van der Waals surface area contributed by atoms with Gasteiger partial charge in [-0.05, 0) is 23.3 Å². The number of benzene rings is 2. The number of hydrogen-bond donors (Lipinski definition) is 2. The fourth-order valence-electron chi connectivity index (χ4n) is 2.58. The zero-order chi connectivity index (χ0) is 20.0. The first-order valence-electron chi connectivity index (χ1n) is 8.01. The number of carbonyl (C=O) groups is 2. The van der Waals surface area contributed by atoms with Gasteiger partial charge in [0, 0.05) is 6.42 Å². The van der Waals surface area contributed by atoms with Crippen LogP contribution in [0.4, 0.5) is 13.2 Å². The summed E-state index contributed by atoms with van der Waals surface area (Å²) in [5, 5.41) is 11.7. The summed E-state index contributed by atoms with van der Waals surface area (Å²) in [5.41, 5.74) is -0.132. The van der Waals surface area contributed by atoms with Gasteiger partial charge in [0.1, 0.15) is 11.8 Å². The van der Waals surface area contributed by atoms with Gasteiger partial charge in [-0.25, -0.2) is 4.79 Å². The molecular formula is C19H18F3NO4. The molecule has 144 valence electrons. The van der Waals surface area contributed by atoms with Crippen molar-refractivity contribution >= 4 is 11.9 Å². The molecule has 0 fully saturated rings. The molecule has 0 aliphatic rings. The van der Waals surface area contributed by atoms with Crippen LogP contribution < -0.4 is 10.1 Å². The van der Waals surface area contributed by atoms with Crippen molar-refractivity contribution in [2.24, 2.45) is 0 Å². The molecule has 0 radical (unpaired) electrons. The molecule has 5 nitrogen and oxygen atoms in total. The second-order valence-electron chi connectivity index (χ2n) is 5.85. The van der Waals surface area contributed by atoms with Crippen molar-refractivity contribution in [3.63, 3.8) is 0 Å². The summed E-state index contributed by atoms with van der Waals surface area (Å²) in [6.45, 7) is 0. The SMILES string of the molecule is COc1ccccc1C[C@H](NC(=O)Cc1cccc(C(F)(F)F)c1)C(=O)O. The first-order chi connectivity index (χ1) is 12.7. The Hall–Kier alpha value is -3.03. The molecule has 0 bridgehead atoms. The predicted molar refractivity (Wildman–Crippen MR) is 91.4 cm³/mol. The molecule has 0 aromatic heterocycles. The van der Waals surface area contributed by atoms with Crippen molar-refractivity contribution < 1.29 is 32.6 Å². The highest BCUT2D eigenvalue weighted by molar-refractivity contribution is 5.85. The number of amides is 1. The molecule has 1 atom stereocenters. The summed E-state index contributed by atoms with van der Waals surface area (Å²) in [6, 6.07) is 9.90. The Morgan fingerprint density at radius 2 is 1.85 bits per heavy atom. The Labute approximate surface area is 153 Å². The normalized spacial score (nSPS) is 12.3. The van der Waals surface area contributed by atoms with E-state index in [1.165, 1.54) is 19.2 Å². The highest BCUT2D eigenvalue weighted by atomic mass is 19.4. The summed E-state index contributed by atoms with van der Waals surface area (Å²) < 4.78 is 43.4. The molecule has 2 rings (SSSR count). The van der Waals surface area contributed by atoms with Crippen LogP contribution in [0.15, 0.2) is 48.5 Å². The van der Waals surface area contributed by atoms with Crippen LogP contribution >= 0.6 is 0 Å². The molecule has 0 saturated carbocycles. The van der Waals surface area contributed by atoms with Gasteiger partial charge >= 0.3 is 12.1 Å². The van der Waals surface area contributed by atoms with Crippen LogP contribution in [0.25, 0.3) is 0 Å². The monoisotopic (exact) mass is 381 g/mol. The lowest BCUT2D eigenvalue weighted by molar-refractivity contribution is -0.141. The Morgan fingerprint density at radius 3 is 2.48 bits per heavy atom. The second kappa shape index (κ2) is 8.57. The first kappa shape index (κ1) is 20.3. The molecule has 2 aromatic carbocycles. The Kier molecular flexibility index (Phi) is 6.44. The van der Waals surface area contributed by atoms with Gasteiger partial charge in [0.25, 0.3) is 0 Å². The summed E-state index contributed by atoms with van der Waals surface area (Å²) >= 11 is 0. The smallest absolute Gasteiger partial charge is 0.416 e. The largest absolute Gasteiger partial charge is 0.496 e. The summed E-state index contributed by atoms with van der Waals surface area (Å²) in [5.74, 6) is -1.45. The van der Waals surface area contributed by atoms with E-state index in [1.54, 1.807) is 24.3 Å². The maximum absolute atomic E-state index is 12.7. The fourth-order valence-corrected chi connectivity index (χ4v) is 2.58. The van der Waals surface area contributed by atoms with Gasteiger partial charge in [0.15, 0.2) is 0 Å². The second-order valence-corrected chi connectivity index (χ2v) is 5.85. The van der Waals surface area contributed by atoms with Gasteiger partial charge in [0.2, 0.25) is 5.91 Å². The third-order valence-corrected chi connectivity index (χ3v) is 3.87. The molecule has 1 amide bonds. The van der Waals surface area contributed by atoms with Crippen LogP contribution in [0.3, 0.4) is 0 Å². The number of ether oxygens (including phenoxy) is 1. The molecule has 0 spiro atoms. The van der Waals surface area contributed by atoms with Gasteiger partial charge in [-0.3, -0.25) is 4.79 Å². The van der Waals surface area contributed by atoms with E-state index in [0.717, 1.165) is 12.1 Å². The van der Waals surface area contributed by atoms with Crippen LogP contribution in [-0.4, -0.2) is 30.1 Å². The number of rotatable bonds is 7. The molecule has 0 aliphatic carbocycles. The number of carboxylic acid groups (broad SMARTS) is 1. The highest BCUT2D eigenvalue weighted by Crippen LogP contribution is 2.29. The maximum Gasteiger partial charge on any atom is 0.416 e. The average molecular weight is 381 g/mol. The minimum atomic E-state index is -4.51. The van der Waals surface area contributed by atoms with Crippen molar-refractivity contribution in [2.45, 2.75) is 25.1 Å². The van der Waals surface area contributed by atoms with Crippen LogP contribution in [0.1, 0.15) is 16.7 Å². The zero-order valence-electron chi connectivity index (χ0n) is 14.4. The topological polar surface area (TPSA) is 75.6 Å². The van der Waals surface area contributed by atoms with Crippen molar-refractivity contribution in [1.29, 1.82) is 0 Å². The molecule has 0 heterocycles. The van der Waals surface area contributed by atoms with E-state index in [9.17, 15) is 27.9 Å². The molecule has 8 heteroatoms. The van der Waals surface area contributed by atoms with Crippen molar-refractivity contribution in [1.82, 2.24) is 5.32 Å². The van der Waals surface area contributed by atoms with Crippen molar-refractivity contribution in [3.8, 4) is 5.75 Å². The maximum atomic E-state index is 12.7. The number of carboxylic acids is 1. The fraction of sp³-hybridized carbons (Fsp3) is 0.263. The molecular weight excluding hydrogens is 363 g/mol. The van der Waals surface area contributed by atoms with Crippen LogP contribution in [0.2, 0.25) is 0 Å².